The van der Waals surface area contributed by atoms with Gasteiger partial charge in [0.2, 0.25) is 0 Å². The fourth-order valence-electron chi connectivity index (χ4n) is 2.66. The van der Waals surface area contributed by atoms with Gasteiger partial charge in [0.05, 0.1) is 19.3 Å². The van der Waals surface area contributed by atoms with Crippen molar-refractivity contribution in [3.8, 4) is 17.1 Å². The van der Waals surface area contributed by atoms with Gasteiger partial charge in [-0.3, -0.25) is 0 Å². The minimum absolute atomic E-state index is 0.144. The van der Waals surface area contributed by atoms with Gasteiger partial charge in [0.1, 0.15) is 5.75 Å². The van der Waals surface area contributed by atoms with Crippen LogP contribution in [0.3, 0.4) is 0 Å². The molecule has 21 heavy (non-hydrogen) atoms. The molecule has 0 aliphatic heterocycles. The topological polar surface area (TPSA) is 88.1 Å². The fraction of sp³-hybridized carbons (Fsp3) is 0.500. The third-order valence-electron chi connectivity index (χ3n) is 4.09. The van der Waals surface area contributed by atoms with Crippen LogP contribution in [0.25, 0.3) is 11.4 Å². The number of hydrogen-bond donors (Lipinski definition) is 1. The Morgan fingerprint density at radius 1 is 1.29 bits per heavy atom. The lowest BCUT2D eigenvalue weighted by atomic mass is 9.80. The maximum atomic E-state index is 5.90. The summed E-state index contributed by atoms with van der Waals surface area (Å²) in [6.45, 7) is 0.642. The number of nitrogens with zero attached hydrogens (tertiary/aromatic N) is 4. The van der Waals surface area contributed by atoms with Crippen LogP contribution >= 0.6 is 0 Å². The predicted molar refractivity (Wildman–Crippen MR) is 77.8 cm³/mol. The molecule has 3 rings (SSSR count). The third kappa shape index (κ3) is 2.56. The van der Waals surface area contributed by atoms with Gasteiger partial charge in [-0.1, -0.05) is 0 Å². The van der Waals surface area contributed by atoms with Crippen LogP contribution in [0.1, 0.15) is 19.3 Å². The van der Waals surface area contributed by atoms with E-state index in [4.69, 9.17) is 15.2 Å². The minimum Gasteiger partial charge on any atom is -0.497 e. The van der Waals surface area contributed by atoms with E-state index in [1.807, 2.05) is 12.1 Å². The Morgan fingerprint density at radius 2 is 2.10 bits per heavy atom. The lowest BCUT2D eigenvalue weighted by Gasteiger charge is -2.40. The highest BCUT2D eigenvalue weighted by molar-refractivity contribution is 5.64. The van der Waals surface area contributed by atoms with Crippen LogP contribution in [0.2, 0.25) is 0 Å². The summed E-state index contributed by atoms with van der Waals surface area (Å²) in [5.41, 5.74) is 7.21. The van der Waals surface area contributed by atoms with E-state index in [0.717, 1.165) is 18.4 Å². The summed E-state index contributed by atoms with van der Waals surface area (Å²) in [7, 11) is 3.35. The Kier molecular flexibility index (Phi) is 3.50. The Hall–Kier alpha value is -2.15. The SMILES string of the molecule is COc1cc(N)cc(-c2nnnn2CC2(OC)CCC2)c1. The van der Waals surface area contributed by atoms with Crippen molar-refractivity contribution < 1.29 is 9.47 Å². The molecule has 0 bridgehead atoms. The first kappa shape index (κ1) is 13.8. The summed E-state index contributed by atoms with van der Waals surface area (Å²) in [6.07, 6.45) is 3.24. The van der Waals surface area contributed by atoms with E-state index in [9.17, 15) is 0 Å². The zero-order chi connectivity index (χ0) is 14.9. The van der Waals surface area contributed by atoms with E-state index in [1.165, 1.54) is 6.42 Å². The van der Waals surface area contributed by atoms with Crippen LogP contribution in [0, 0.1) is 0 Å². The smallest absolute Gasteiger partial charge is 0.182 e. The van der Waals surface area contributed by atoms with Gasteiger partial charge in [0.25, 0.3) is 0 Å². The van der Waals surface area contributed by atoms with Gasteiger partial charge in [0, 0.05) is 24.4 Å². The van der Waals surface area contributed by atoms with Crippen LogP contribution < -0.4 is 10.5 Å². The maximum absolute atomic E-state index is 5.90. The summed E-state index contributed by atoms with van der Waals surface area (Å²) >= 11 is 0. The number of aromatic nitrogens is 4. The highest BCUT2D eigenvalue weighted by Gasteiger charge is 2.38. The molecule has 1 aliphatic rings. The first-order valence-electron chi connectivity index (χ1n) is 6.92. The van der Waals surface area contributed by atoms with Crippen molar-refractivity contribution in [1.29, 1.82) is 0 Å². The molecule has 0 radical (unpaired) electrons. The van der Waals surface area contributed by atoms with Crippen LogP contribution in [0.15, 0.2) is 18.2 Å². The summed E-state index contributed by atoms with van der Waals surface area (Å²) in [4.78, 5) is 0. The average Bonchev–Trinajstić information content (AvgIpc) is 2.90. The van der Waals surface area contributed by atoms with Gasteiger partial charge in [-0.25, -0.2) is 4.68 Å². The van der Waals surface area contributed by atoms with Crippen molar-refractivity contribution in [3.05, 3.63) is 18.2 Å². The van der Waals surface area contributed by atoms with Crippen molar-refractivity contribution in [3.63, 3.8) is 0 Å². The highest BCUT2D eigenvalue weighted by atomic mass is 16.5. The maximum Gasteiger partial charge on any atom is 0.182 e. The second-order valence-electron chi connectivity index (χ2n) is 5.40. The summed E-state index contributed by atoms with van der Waals surface area (Å²) in [5.74, 6) is 1.36. The first-order chi connectivity index (χ1) is 10.2. The van der Waals surface area contributed by atoms with E-state index >= 15 is 0 Å². The number of anilines is 1. The molecule has 112 valence electrons. The normalized spacial score (nSPS) is 16.5. The Balaban J connectivity index is 1.93. The quantitative estimate of drug-likeness (QED) is 0.839. The van der Waals surface area contributed by atoms with Crippen LogP contribution in [0.5, 0.6) is 5.75 Å². The Labute approximate surface area is 123 Å². The van der Waals surface area contributed by atoms with Crippen molar-refractivity contribution in [2.75, 3.05) is 20.0 Å². The molecule has 0 atom stereocenters. The van der Waals surface area contributed by atoms with Crippen LogP contribution in [-0.2, 0) is 11.3 Å². The van der Waals surface area contributed by atoms with Crippen LogP contribution in [0.4, 0.5) is 5.69 Å². The first-order valence-corrected chi connectivity index (χ1v) is 6.92. The van der Waals surface area contributed by atoms with E-state index in [2.05, 4.69) is 15.5 Å². The second kappa shape index (κ2) is 5.33. The number of methoxy groups -OCH3 is 2. The molecule has 0 spiro atoms. The third-order valence-corrected chi connectivity index (χ3v) is 4.09. The fourth-order valence-corrected chi connectivity index (χ4v) is 2.66. The molecule has 7 heteroatoms. The van der Waals surface area contributed by atoms with E-state index in [-0.39, 0.29) is 5.60 Å². The van der Waals surface area contributed by atoms with E-state index < -0.39 is 0 Å². The molecule has 0 amide bonds. The molecule has 7 nitrogen and oxygen atoms in total. The number of hydrogen-bond acceptors (Lipinski definition) is 6. The van der Waals surface area contributed by atoms with Gasteiger partial charge < -0.3 is 15.2 Å². The van der Waals surface area contributed by atoms with Gasteiger partial charge in [-0.2, -0.15) is 0 Å². The van der Waals surface area contributed by atoms with Crippen molar-refractivity contribution in [2.45, 2.75) is 31.4 Å². The minimum atomic E-state index is -0.144. The molecule has 1 aliphatic carbocycles. The standard InChI is InChI=1S/C14H19N5O2/c1-20-12-7-10(6-11(15)8-12)13-16-17-18-19(13)9-14(21-2)4-3-5-14/h6-8H,3-5,9,15H2,1-2H3. The zero-order valence-electron chi connectivity index (χ0n) is 12.2. The lowest BCUT2D eigenvalue weighted by Crippen LogP contribution is -2.43. The van der Waals surface area contributed by atoms with Gasteiger partial charge in [-0.15, -0.1) is 5.10 Å². The highest BCUT2D eigenvalue weighted by Crippen LogP contribution is 2.37. The molecular weight excluding hydrogens is 270 g/mol. The predicted octanol–water partition coefficient (Wildman–Crippen LogP) is 1.50. The molecule has 2 aromatic rings. The number of ether oxygens (including phenoxy) is 2. The molecule has 1 aromatic heterocycles. The van der Waals surface area contributed by atoms with Gasteiger partial charge in [0.15, 0.2) is 5.82 Å². The van der Waals surface area contributed by atoms with Crippen molar-refractivity contribution >= 4 is 5.69 Å². The molecule has 2 N–H and O–H groups in total. The second-order valence-corrected chi connectivity index (χ2v) is 5.40. The zero-order valence-corrected chi connectivity index (χ0v) is 12.2. The van der Waals surface area contributed by atoms with E-state index in [0.29, 0.717) is 23.8 Å². The monoisotopic (exact) mass is 289 g/mol. The molecule has 1 fully saturated rings. The average molecular weight is 289 g/mol. The number of nitrogen functional groups attached to an aromatic ring is 1. The number of tetrazole rings is 1. The molecule has 1 saturated carbocycles. The Morgan fingerprint density at radius 3 is 2.71 bits per heavy atom. The lowest BCUT2D eigenvalue weighted by molar-refractivity contribution is -0.0855. The summed E-state index contributed by atoms with van der Waals surface area (Å²) in [6, 6.07) is 5.48. The van der Waals surface area contributed by atoms with Gasteiger partial charge in [-0.05, 0) is 41.8 Å². The number of rotatable bonds is 5. The van der Waals surface area contributed by atoms with Crippen LogP contribution in [-0.4, -0.2) is 40.0 Å². The molecule has 1 aromatic carbocycles. The van der Waals surface area contributed by atoms with E-state index in [1.54, 1.807) is 25.0 Å². The molecule has 1 heterocycles. The molecule has 0 saturated heterocycles. The number of nitrogens with two attached hydrogens (primary N) is 1. The largest absolute Gasteiger partial charge is 0.497 e. The summed E-state index contributed by atoms with van der Waals surface area (Å²) in [5, 5.41) is 12.0. The molecule has 0 unspecified atom stereocenters. The summed E-state index contributed by atoms with van der Waals surface area (Å²) < 4.78 is 12.7. The van der Waals surface area contributed by atoms with Crippen molar-refractivity contribution in [1.82, 2.24) is 20.2 Å². The Bertz CT molecular complexity index is 631. The van der Waals surface area contributed by atoms with Crippen molar-refractivity contribution in [2.24, 2.45) is 0 Å². The molecular formula is C14H19N5O2. The number of benzene rings is 1. The van der Waals surface area contributed by atoms with Gasteiger partial charge >= 0.3 is 0 Å².